The third-order valence-electron chi connectivity index (χ3n) is 4.83. The maximum Gasteiger partial charge on any atom is 0.264 e. The van der Waals surface area contributed by atoms with Crippen LogP contribution in [-0.2, 0) is 14.8 Å². The summed E-state index contributed by atoms with van der Waals surface area (Å²) >= 11 is 3.38. The molecule has 0 aliphatic carbocycles. The molecule has 9 heteroatoms. The molecule has 0 aliphatic rings. The summed E-state index contributed by atoms with van der Waals surface area (Å²) < 4.78 is 34.3. The molecule has 3 aromatic carbocycles. The van der Waals surface area contributed by atoms with Gasteiger partial charge in [0.15, 0.2) is 0 Å². The quantitative estimate of drug-likeness (QED) is 0.343. The number of hydrogen-bond donors (Lipinski definition) is 1. The first-order valence-electron chi connectivity index (χ1n) is 10.0. The van der Waals surface area contributed by atoms with Gasteiger partial charge in [-0.25, -0.2) is 13.8 Å². The molecule has 0 heterocycles. The number of anilines is 1. The van der Waals surface area contributed by atoms with Crippen molar-refractivity contribution in [2.75, 3.05) is 18.0 Å². The molecule has 7 nitrogen and oxygen atoms in total. The van der Waals surface area contributed by atoms with Gasteiger partial charge in [-0.2, -0.15) is 5.10 Å². The van der Waals surface area contributed by atoms with E-state index in [1.54, 1.807) is 37.3 Å². The lowest BCUT2D eigenvalue weighted by Gasteiger charge is -2.25. The fraction of sp³-hybridized carbons (Fsp3) is 0.167. The summed E-state index contributed by atoms with van der Waals surface area (Å²) in [5.74, 6) is -0.253. The molecule has 1 N–H and O–H groups in total. The van der Waals surface area contributed by atoms with Gasteiger partial charge in [0.25, 0.3) is 15.9 Å². The highest BCUT2D eigenvalue weighted by molar-refractivity contribution is 9.10. The molecule has 1 amide bonds. The minimum Gasteiger partial charge on any atom is -0.495 e. The van der Waals surface area contributed by atoms with Gasteiger partial charge in [-0.1, -0.05) is 52.3 Å². The number of carbonyl (C=O) groups excluding carboxylic acids is 1. The number of sulfonamides is 1. The van der Waals surface area contributed by atoms with Crippen LogP contribution >= 0.6 is 15.9 Å². The average Bonchev–Trinajstić information content (AvgIpc) is 2.82. The van der Waals surface area contributed by atoms with Crippen molar-refractivity contribution in [2.45, 2.75) is 18.7 Å². The van der Waals surface area contributed by atoms with Crippen LogP contribution in [0.25, 0.3) is 0 Å². The van der Waals surface area contributed by atoms with Gasteiger partial charge in [0.05, 0.1) is 23.4 Å². The Hall–Kier alpha value is -3.17. The predicted octanol–water partition coefficient (Wildman–Crippen LogP) is 4.50. The van der Waals surface area contributed by atoms with Gasteiger partial charge in [-0.3, -0.25) is 9.10 Å². The zero-order chi connectivity index (χ0) is 24.0. The van der Waals surface area contributed by atoms with Gasteiger partial charge in [0.1, 0.15) is 12.3 Å². The Morgan fingerprint density at radius 3 is 2.36 bits per heavy atom. The van der Waals surface area contributed by atoms with Crippen molar-refractivity contribution in [3.63, 3.8) is 0 Å². The number of benzene rings is 3. The molecule has 0 radical (unpaired) electrons. The first-order chi connectivity index (χ1) is 15.7. The van der Waals surface area contributed by atoms with E-state index in [4.69, 9.17) is 4.74 Å². The van der Waals surface area contributed by atoms with E-state index < -0.39 is 22.5 Å². The highest BCUT2D eigenvalue weighted by Crippen LogP contribution is 2.33. The average molecular weight is 530 g/mol. The van der Waals surface area contributed by atoms with Gasteiger partial charge in [-0.15, -0.1) is 0 Å². The summed E-state index contributed by atoms with van der Waals surface area (Å²) in [5.41, 5.74) is 4.96. The van der Waals surface area contributed by atoms with Crippen LogP contribution in [0.15, 0.2) is 87.3 Å². The molecule has 3 aromatic rings. The Morgan fingerprint density at radius 1 is 1.06 bits per heavy atom. The number of rotatable bonds is 8. The highest BCUT2D eigenvalue weighted by atomic mass is 79.9. The van der Waals surface area contributed by atoms with E-state index in [0.717, 1.165) is 19.9 Å². The summed E-state index contributed by atoms with van der Waals surface area (Å²) in [6, 6.07) is 20.6. The molecule has 0 aliphatic heterocycles. The largest absolute Gasteiger partial charge is 0.495 e. The molecular formula is C24H24BrN3O4S. The number of nitrogens with zero attached hydrogens (tertiary/aromatic N) is 2. The number of hydrogen-bond acceptors (Lipinski definition) is 5. The number of methoxy groups -OCH3 is 1. The van der Waals surface area contributed by atoms with Crippen LogP contribution in [0.1, 0.15) is 18.1 Å². The minimum absolute atomic E-state index is 0.0657. The normalized spacial score (nSPS) is 11.7. The minimum atomic E-state index is -4.06. The van der Waals surface area contributed by atoms with Crippen LogP contribution in [-0.4, -0.2) is 33.7 Å². The van der Waals surface area contributed by atoms with Gasteiger partial charge in [0, 0.05) is 4.47 Å². The van der Waals surface area contributed by atoms with E-state index in [1.165, 1.54) is 19.2 Å². The number of carbonyl (C=O) groups is 1. The Bertz CT molecular complexity index is 1260. The van der Waals surface area contributed by atoms with Gasteiger partial charge in [-0.05, 0) is 61.4 Å². The van der Waals surface area contributed by atoms with Crippen molar-refractivity contribution in [1.29, 1.82) is 0 Å². The van der Waals surface area contributed by atoms with Crippen LogP contribution in [0.4, 0.5) is 5.69 Å². The second-order valence-corrected chi connectivity index (χ2v) is 10.0. The van der Waals surface area contributed by atoms with E-state index in [-0.39, 0.29) is 10.6 Å². The second-order valence-electron chi connectivity index (χ2n) is 7.24. The van der Waals surface area contributed by atoms with Crippen molar-refractivity contribution in [3.05, 3.63) is 88.4 Å². The lowest BCUT2D eigenvalue weighted by atomic mass is 10.1. The lowest BCUT2D eigenvalue weighted by molar-refractivity contribution is -0.119. The summed E-state index contributed by atoms with van der Waals surface area (Å²) in [6.45, 7) is 3.11. The third-order valence-corrected chi connectivity index (χ3v) is 7.13. The van der Waals surface area contributed by atoms with E-state index in [0.29, 0.717) is 11.5 Å². The number of aryl methyl sites for hydroxylation is 1. The van der Waals surface area contributed by atoms with Crippen molar-refractivity contribution in [2.24, 2.45) is 5.10 Å². The SMILES string of the molecule is COc1ccc(C)cc1N(CC(=O)N/N=C(/C)c1ccc(Br)cc1)S(=O)(=O)c1ccccc1. The zero-order valence-corrected chi connectivity index (χ0v) is 20.9. The fourth-order valence-corrected chi connectivity index (χ4v) is 4.79. The Morgan fingerprint density at radius 2 is 1.73 bits per heavy atom. The van der Waals surface area contributed by atoms with Crippen molar-refractivity contribution >= 4 is 43.3 Å². The molecular weight excluding hydrogens is 506 g/mol. The molecule has 0 saturated carbocycles. The molecule has 0 atom stereocenters. The van der Waals surface area contributed by atoms with E-state index in [1.807, 2.05) is 37.3 Å². The molecule has 3 rings (SSSR count). The molecule has 0 fully saturated rings. The maximum absolute atomic E-state index is 13.5. The number of hydrazone groups is 1. The summed E-state index contributed by atoms with van der Waals surface area (Å²) in [7, 11) is -2.60. The van der Waals surface area contributed by atoms with Crippen LogP contribution in [0, 0.1) is 6.92 Å². The molecule has 0 unspecified atom stereocenters. The van der Waals surface area contributed by atoms with Crippen molar-refractivity contribution < 1.29 is 17.9 Å². The Labute approximate surface area is 202 Å². The topological polar surface area (TPSA) is 88.1 Å². The van der Waals surface area contributed by atoms with Crippen molar-refractivity contribution in [3.8, 4) is 5.75 Å². The number of halogens is 1. The standard InChI is InChI=1S/C24H24BrN3O4S/c1-17-9-14-23(32-3)22(15-17)28(33(30,31)21-7-5-4-6-8-21)16-24(29)27-26-18(2)19-10-12-20(25)13-11-19/h4-15H,16H2,1-3H3,(H,27,29)/b26-18-. The Kier molecular flexibility index (Phi) is 7.88. The van der Waals surface area contributed by atoms with E-state index in [9.17, 15) is 13.2 Å². The number of nitrogens with one attached hydrogen (secondary N) is 1. The number of ether oxygens (including phenoxy) is 1. The summed E-state index contributed by atoms with van der Waals surface area (Å²) in [5, 5.41) is 4.13. The predicted molar refractivity (Wildman–Crippen MR) is 133 cm³/mol. The molecule has 0 spiro atoms. The van der Waals surface area contributed by atoms with Gasteiger partial charge in [0.2, 0.25) is 0 Å². The first-order valence-corrected chi connectivity index (χ1v) is 12.3. The van der Waals surface area contributed by atoms with E-state index in [2.05, 4.69) is 26.5 Å². The van der Waals surface area contributed by atoms with Gasteiger partial charge >= 0.3 is 0 Å². The zero-order valence-electron chi connectivity index (χ0n) is 18.4. The van der Waals surface area contributed by atoms with Gasteiger partial charge < -0.3 is 4.74 Å². The smallest absolute Gasteiger partial charge is 0.264 e. The molecule has 0 aromatic heterocycles. The van der Waals surface area contributed by atoms with Crippen LogP contribution in [0.3, 0.4) is 0 Å². The fourth-order valence-electron chi connectivity index (χ4n) is 3.08. The van der Waals surface area contributed by atoms with Crippen LogP contribution < -0.4 is 14.5 Å². The van der Waals surface area contributed by atoms with E-state index >= 15 is 0 Å². The third kappa shape index (κ3) is 6.00. The van der Waals surface area contributed by atoms with Crippen LogP contribution in [0.2, 0.25) is 0 Å². The molecule has 33 heavy (non-hydrogen) atoms. The Balaban J connectivity index is 1.93. The van der Waals surface area contributed by atoms with Crippen LogP contribution in [0.5, 0.6) is 5.75 Å². The first kappa shape index (κ1) is 24.5. The van der Waals surface area contributed by atoms with Crippen molar-refractivity contribution in [1.82, 2.24) is 5.43 Å². The molecule has 0 saturated heterocycles. The molecule has 172 valence electrons. The second kappa shape index (κ2) is 10.6. The summed E-state index contributed by atoms with van der Waals surface area (Å²) in [4.78, 5) is 12.9. The molecule has 0 bridgehead atoms. The highest BCUT2D eigenvalue weighted by Gasteiger charge is 2.29. The summed E-state index contributed by atoms with van der Waals surface area (Å²) in [6.07, 6.45) is 0. The lowest BCUT2D eigenvalue weighted by Crippen LogP contribution is -2.40. The monoisotopic (exact) mass is 529 g/mol. The number of amides is 1. The maximum atomic E-state index is 13.5.